The van der Waals surface area contributed by atoms with Crippen LogP contribution in [0.15, 0.2) is 18.2 Å². The van der Waals surface area contributed by atoms with E-state index >= 15 is 0 Å². The first-order valence-electron chi connectivity index (χ1n) is 5.57. The lowest BCUT2D eigenvalue weighted by Crippen LogP contribution is -3.12. The Labute approximate surface area is 95.4 Å². The number of hydrogen-bond donors (Lipinski definition) is 2. The van der Waals surface area contributed by atoms with Crippen molar-refractivity contribution in [2.45, 2.75) is 6.54 Å². The Morgan fingerprint density at radius 1 is 1.38 bits per heavy atom. The van der Waals surface area contributed by atoms with Gasteiger partial charge >= 0.3 is 0 Å². The molecule has 16 heavy (non-hydrogen) atoms. The zero-order valence-corrected chi connectivity index (χ0v) is 9.53. The summed E-state index contributed by atoms with van der Waals surface area (Å²) in [5.41, 5.74) is 1.19. The Morgan fingerprint density at radius 3 is 2.81 bits per heavy atom. The third-order valence-corrected chi connectivity index (χ3v) is 2.90. The molecule has 0 bridgehead atoms. The van der Waals surface area contributed by atoms with Gasteiger partial charge in [-0.15, -0.1) is 0 Å². The Balaban J connectivity index is 2.03. The van der Waals surface area contributed by atoms with Gasteiger partial charge in [0.25, 0.3) is 0 Å². The fourth-order valence-corrected chi connectivity index (χ4v) is 1.96. The highest BCUT2D eigenvalue weighted by Crippen LogP contribution is 2.25. The van der Waals surface area contributed by atoms with Gasteiger partial charge in [-0.25, -0.2) is 0 Å². The molecule has 0 unspecified atom stereocenters. The molecule has 1 aromatic carbocycles. The minimum atomic E-state index is 0.197. The molecule has 1 aromatic rings. The first-order chi connectivity index (χ1) is 7.79. The molecule has 1 aliphatic rings. The van der Waals surface area contributed by atoms with E-state index in [4.69, 9.17) is 9.47 Å². The number of aromatic hydroxyl groups is 1. The Bertz CT molecular complexity index is 348. The average molecular weight is 224 g/mol. The third-order valence-electron chi connectivity index (χ3n) is 2.90. The van der Waals surface area contributed by atoms with Crippen LogP contribution in [-0.4, -0.2) is 38.5 Å². The molecule has 2 rings (SSSR count). The maximum Gasteiger partial charge on any atom is 0.160 e. The number of ether oxygens (including phenoxy) is 2. The van der Waals surface area contributed by atoms with Crippen LogP contribution in [0.1, 0.15) is 5.56 Å². The molecule has 0 atom stereocenters. The number of nitrogens with one attached hydrogen (secondary N) is 1. The molecule has 4 nitrogen and oxygen atoms in total. The maximum absolute atomic E-state index is 9.49. The van der Waals surface area contributed by atoms with Crippen molar-refractivity contribution in [2.24, 2.45) is 0 Å². The molecule has 0 amide bonds. The van der Waals surface area contributed by atoms with Crippen molar-refractivity contribution in [3.05, 3.63) is 23.8 Å². The predicted molar refractivity (Wildman–Crippen MR) is 59.9 cm³/mol. The van der Waals surface area contributed by atoms with Gasteiger partial charge in [0.15, 0.2) is 11.5 Å². The lowest BCUT2D eigenvalue weighted by atomic mass is 10.2. The normalized spacial score (nSPS) is 17.3. The maximum atomic E-state index is 9.49. The Kier molecular flexibility index (Phi) is 3.64. The van der Waals surface area contributed by atoms with Crippen LogP contribution in [0.4, 0.5) is 0 Å². The highest BCUT2D eigenvalue weighted by Gasteiger charge is 2.14. The molecule has 4 heteroatoms. The quantitative estimate of drug-likeness (QED) is 0.748. The van der Waals surface area contributed by atoms with Crippen LogP contribution < -0.4 is 9.64 Å². The summed E-state index contributed by atoms with van der Waals surface area (Å²) in [5, 5.41) is 9.49. The lowest BCUT2D eigenvalue weighted by molar-refractivity contribution is -0.921. The Morgan fingerprint density at radius 2 is 2.12 bits per heavy atom. The second kappa shape index (κ2) is 5.18. The number of phenols is 1. The van der Waals surface area contributed by atoms with Crippen molar-refractivity contribution in [3.63, 3.8) is 0 Å². The summed E-state index contributed by atoms with van der Waals surface area (Å²) in [6.07, 6.45) is 0. The molecule has 1 aliphatic heterocycles. The summed E-state index contributed by atoms with van der Waals surface area (Å²) in [7, 11) is 1.57. The van der Waals surface area contributed by atoms with Gasteiger partial charge in [0, 0.05) is 5.56 Å². The van der Waals surface area contributed by atoms with Gasteiger partial charge in [0.2, 0.25) is 0 Å². The predicted octanol–water partition coefficient (Wildman–Crippen LogP) is -0.184. The van der Waals surface area contributed by atoms with Crippen LogP contribution in [0.3, 0.4) is 0 Å². The smallest absolute Gasteiger partial charge is 0.160 e. The van der Waals surface area contributed by atoms with E-state index in [0.29, 0.717) is 5.75 Å². The van der Waals surface area contributed by atoms with E-state index in [9.17, 15) is 5.11 Å². The van der Waals surface area contributed by atoms with Gasteiger partial charge < -0.3 is 19.5 Å². The summed E-state index contributed by atoms with van der Waals surface area (Å²) in [5.74, 6) is 0.744. The first kappa shape index (κ1) is 11.2. The summed E-state index contributed by atoms with van der Waals surface area (Å²) >= 11 is 0. The zero-order valence-electron chi connectivity index (χ0n) is 9.53. The molecule has 0 saturated carbocycles. The number of benzene rings is 1. The highest BCUT2D eigenvalue weighted by atomic mass is 16.5. The number of phenolic OH excluding ortho intramolecular Hbond substituents is 1. The fraction of sp³-hybridized carbons (Fsp3) is 0.500. The summed E-state index contributed by atoms with van der Waals surface area (Å²) in [4.78, 5) is 1.51. The first-order valence-corrected chi connectivity index (χ1v) is 5.57. The van der Waals surface area contributed by atoms with E-state index in [1.165, 1.54) is 10.5 Å². The molecule has 0 spiro atoms. The van der Waals surface area contributed by atoms with E-state index in [1.54, 1.807) is 13.2 Å². The minimum absolute atomic E-state index is 0.197. The standard InChI is InChI=1S/C12H17NO3/c1-15-12-8-10(2-3-11(12)14)9-13-4-6-16-7-5-13/h2-3,8,14H,4-7,9H2,1H3/p+1. The van der Waals surface area contributed by atoms with Crippen LogP contribution in [0.2, 0.25) is 0 Å². The average Bonchev–Trinajstić information content (AvgIpc) is 2.33. The third kappa shape index (κ3) is 2.65. The molecule has 0 radical (unpaired) electrons. The molecule has 88 valence electrons. The van der Waals surface area contributed by atoms with Crippen molar-refractivity contribution < 1.29 is 19.5 Å². The lowest BCUT2D eigenvalue weighted by Gasteiger charge is -2.23. The molecule has 2 N–H and O–H groups in total. The fourth-order valence-electron chi connectivity index (χ4n) is 1.96. The molecule has 1 fully saturated rings. The van der Waals surface area contributed by atoms with E-state index < -0.39 is 0 Å². The van der Waals surface area contributed by atoms with Gasteiger partial charge in [-0.2, -0.15) is 0 Å². The second-order valence-corrected chi connectivity index (χ2v) is 4.05. The van der Waals surface area contributed by atoms with Gasteiger partial charge in [-0.3, -0.25) is 0 Å². The van der Waals surface area contributed by atoms with Gasteiger partial charge in [0.05, 0.1) is 20.3 Å². The van der Waals surface area contributed by atoms with E-state index in [2.05, 4.69) is 0 Å². The largest absolute Gasteiger partial charge is 0.504 e. The van der Waals surface area contributed by atoms with Crippen molar-refractivity contribution in [1.82, 2.24) is 0 Å². The second-order valence-electron chi connectivity index (χ2n) is 4.05. The number of hydrogen-bond acceptors (Lipinski definition) is 3. The van der Waals surface area contributed by atoms with Crippen molar-refractivity contribution >= 4 is 0 Å². The van der Waals surface area contributed by atoms with Crippen molar-refractivity contribution in [2.75, 3.05) is 33.4 Å². The van der Waals surface area contributed by atoms with Crippen LogP contribution in [0, 0.1) is 0 Å². The van der Waals surface area contributed by atoms with Crippen LogP contribution in [0.5, 0.6) is 11.5 Å². The Hall–Kier alpha value is -1.26. The molecule has 0 aliphatic carbocycles. The van der Waals surface area contributed by atoms with Crippen LogP contribution in [-0.2, 0) is 11.3 Å². The van der Waals surface area contributed by atoms with E-state index in [1.807, 2.05) is 12.1 Å². The minimum Gasteiger partial charge on any atom is -0.504 e. The summed E-state index contributed by atoms with van der Waals surface area (Å²) in [6.45, 7) is 4.72. The van der Waals surface area contributed by atoms with Crippen LogP contribution >= 0.6 is 0 Å². The topological polar surface area (TPSA) is 43.1 Å². The summed E-state index contributed by atoms with van der Waals surface area (Å²) in [6, 6.07) is 5.53. The van der Waals surface area contributed by atoms with Crippen LogP contribution in [0.25, 0.3) is 0 Å². The van der Waals surface area contributed by atoms with E-state index in [0.717, 1.165) is 32.8 Å². The SMILES string of the molecule is COc1cc(C[NH+]2CCOCC2)ccc1O. The number of morpholine rings is 1. The molecular weight excluding hydrogens is 206 g/mol. The molecule has 1 heterocycles. The number of quaternary nitrogens is 1. The highest BCUT2D eigenvalue weighted by molar-refractivity contribution is 5.41. The van der Waals surface area contributed by atoms with Crippen molar-refractivity contribution in [3.8, 4) is 11.5 Å². The van der Waals surface area contributed by atoms with Gasteiger partial charge in [0.1, 0.15) is 19.6 Å². The number of methoxy groups -OCH3 is 1. The van der Waals surface area contributed by atoms with Gasteiger partial charge in [-0.05, 0) is 18.2 Å². The number of rotatable bonds is 3. The zero-order chi connectivity index (χ0) is 11.4. The van der Waals surface area contributed by atoms with E-state index in [-0.39, 0.29) is 5.75 Å². The van der Waals surface area contributed by atoms with Crippen molar-refractivity contribution in [1.29, 1.82) is 0 Å². The monoisotopic (exact) mass is 224 g/mol. The molecular formula is C12H18NO3+. The summed E-state index contributed by atoms with van der Waals surface area (Å²) < 4.78 is 10.4. The molecule has 1 saturated heterocycles. The van der Waals surface area contributed by atoms with Gasteiger partial charge in [-0.1, -0.05) is 0 Å². The molecule has 0 aromatic heterocycles.